The van der Waals surface area contributed by atoms with Crippen LogP contribution >= 0.6 is 11.6 Å². The van der Waals surface area contributed by atoms with E-state index in [-0.39, 0.29) is 13.2 Å². The number of aliphatic hydroxyl groups excluding tert-OH is 2. The Morgan fingerprint density at radius 3 is 2.75 bits per heavy atom. The van der Waals surface area contributed by atoms with Crippen LogP contribution in [-0.4, -0.2) is 42.6 Å². The van der Waals surface area contributed by atoms with Crippen LogP contribution in [0.2, 0.25) is 5.02 Å². The normalized spacial score (nSPS) is 14.1. The molecule has 0 aliphatic carbocycles. The summed E-state index contributed by atoms with van der Waals surface area (Å²) in [4.78, 5) is 0. The van der Waals surface area contributed by atoms with Crippen molar-refractivity contribution in [3.8, 4) is 5.75 Å². The Bertz CT molecular complexity index is 401. The number of hydrogen-bond donors (Lipinski definition) is 3. The molecule has 0 amide bonds. The molecule has 1 aromatic carbocycles. The molecule has 3 N–H and O–H groups in total. The van der Waals surface area contributed by atoms with Crippen molar-refractivity contribution in [3.63, 3.8) is 0 Å². The van der Waals surface area contributed by atoms with Gasteiger partial charge in [0.1, 0.15) is 18.5 Å². The van der Waals surface area contributed by atoms with Crippen molar-refractivity contribution >= 4 is 11.6 Å². The van der Waals surface area contributed by atoms with Crippen LogP contribution in [0.1, 0.15) is 18.9 Å². The Morgan fingerprint density at radius 2 is 2.10 bits per heavy atom. The fraction of sp³-hybridized carbons (Fsp3) is 0.600. The lowest BCUT2D eigenvalue weighted by Gasteiger charge is -2.16. The zero-order valence-corrected chi connectivity index (χ0v) is 12.9. The van der Waals surface area contributed by atoms with Crippen LogP contribution in [0.5, 0.6) is 5.75 Å². The number of halogens is 1. The molecule has 0 spiro atoms. The van der Waals surface area contributed by atoms with Crippen LogP contribution in [0, 0.1) is 12.8 Å². The lowest BCUT2D eigenvalue weighted by molar-refractivity contribution is 0.105. The first kappa shape index (κ1) is 17.2. The van der Waals surface area contributed by atoms with Gasteiger partial charge in [-0.25, -0.2) is 0 Å². The minimum absolute atomic E-state index is 0.199. The fourth-order valence-electron chi connectivity index (χ4n) is 1.78. The van der Waals surface area contributed by atoms with E-state index in [0.29, 0.717) is 23.2 Å². The second-order valence-electron chi connectivity index (χ2n) is 5.15. The van der Waals surface area contributed by atoms with Gasteiger partial charge in [0.15, 0.2) is 0 Å². The minimum Gasteiger partial charge on any atom is -0.491 e. The summed E-state index contributed by atoms with van der Waals surface area (Å²) in [5.74, 6) is 1.10. The number of aryl methyl sites for hydroxylation is 1. The molecule has 0 saturated carbocycles. The van der Waals surface area contributed by atoms with Crippen molar-refractivity contribution in [2.24, 2.45) is 5.92 Å². The predicted octanol–water partition coefficient (Wildman–Crippen LogP) is 2.00. The highest BCUT2D eigenvalue weighted by atomic mass is 35.5. The molecule has 0 heterocycles. The van der Waals surface area contributed by atoms with Crippen LogP contribution in [0.3, 0.4) is 0 Å². The van der Waals surface area contributed by atoms with E-state index in [4.69, 9.17) is 21.4 Å². The summed E-state index contributed by atoms with van der Waals surface area (Å²) in [5, 5.41) is 22.5. The second-order valence-corrected chi connectivity index (χ2v) is 5.56. The van der Waals surface area contributed by atoms with Gasteiger partial charge in [-0.3, -0.25) is 0 Å². The average Bonchev–Trinajstić information content (AvgIpc) is 2.40. The highest BCUT2D eigenvalue weighted by Crippen LogP contribution is 2.21. The first-order chi connectivity index (χ1) is 9.52. The Hall–Kier alpha value is -0.810. The highest BCUT2D eigenvalue weighted by Gasteiger charge is 2.07. The van der Waals surface area contributed by atoms with Crippen molar-refractivity contribution < 1.29 is 14.9 Å². The van der Waals surface area contributed by atoms with Crippen molar-refractivity contribution in [2.75, 3.05) is 26.3 Å². The van der Waals surface area contributed by atoms with Crippen molar-refractivity contribution in [1.29, 1.82) is 0 Å². The van der Waals surface area contributed by atoms with Gasteiger partial charge < -0.3 is 20.3 Å². The summed E-state index contributed by atoms with van der Waals surface area (Å²) in [6, 6.07) is 5.43. The molecule has 1 aromatic rings. The van der Waals surface area contributed by atoms with E-state index in [1.165, 1.54) is 0 Å². The quantitative estimate of drug-likeness (QED) is 0.653. The average molecular weight is 302 g/mol. The molecule has 0 aliphatic heterocycles. The molecule has 0 bridgehead atoms. The van der Waals surface area contributed by atoms with Crippen LogP contribution in [0.25, 0.3) is 0 Å². The largest absolute Gasteiger partial charge is 0.491 e. The van der Waals surface area contributed by atoms with E-state index in [1.807, 2.05) is 13.0 Å². The number of aliphatic hydroxyl groups is 2. The maximum atomic E-state index is 9.81. The SMILES string of the molecule is Cc1cc(OCC(O)CNCC(C)CCO)ccc1Cl. The van der Waals surface area contributed by atoms with E-state index in [1.54, 1.807) is 12.1 Å². The molecule has 5 heteroatoms. The second kappa shape index (κ2) is 9.19. The first-order valence-corrected chi connectivity index (χ1v) is 7.29. The van der Waals surface area contributed by atoms with E-state index in [9.17, 15) is 5.11 Å². The smallest absolute Gasteiger partial charge is 0.119 e. The molecule has 2 unspecified atom stereocenters. The molecule has 0 aliphatic rings. The molecular weight excluding hydrogens is 278 g/mol. The number of benzene rings is 1. The summed E-state index contributed by atoms with van der Waals surface area (Å²) in [6.45, 7) is 5.66. The van der Waals surface area contributed by atoms with Crippen molar-refractivity contribution in [3.05, 3.63) is 28.8 Å². The predicted molar refractivity (Wildman–Crippen MR) is 81.4 cm³/mol. The summed E-state index contributed by atoms with van der Waals surface area (Å²) in [6.07, 6.45) is 0.205. The highest BCUT2D eigenvalue weighted by molar-refractivity contribution is 6.31. The standard InChI is InChI=1S/C15H24ClNO3/c1-11(5-6-18)8-17-9-13(19)10-20-14-3-4-15(16)12(2)7-14/h3-4,7,11,13,17-19H,5-6,8-10H2,1-2H3. The maximum Gasteiger partial charge on any atom is 0.119 e. The molecular formula is C15H24ClNO3. The van der Waals surface area contributed by atoms with Gasteiger partial charge in [0.25, 0.3) is 0 Å². The molecule has 0 saturated heterocycles. The zero-order valence-electron chi connectivity index (χ0n) is 12.1. The van der Waals surface area contributed by atoms with E-state index < -0.39 is 6.10 Å². The third kappa shape index (κ3) is 6.57. The van der Waals surface area contributed by atoms with E-state index in [0.717, 1.165) is 18.5 Å². The van der Waals surface area contributed by atoms with Gasteiger partial charge in [-0.1, -0.05) is 18.5 Å². The Labute approximate surface area is 125 Å². The zero-order chi connectivity index (χ0) is 15.0. The molecule has 2 atom stereocenters. The van der Waals surface area contributed by atoms with Crippen LogP contribution in [-0.2, 0) is 0 Å². The van der Waals surface area contributed by atoms with Gasteiger partial charge in [-0.2, -0.15) is 0 Å². The molecule has 0 fully saturated rings. The van der Waals surface area contributed by atoms with Crippen LogP contribution in [0.4, 0.5) is 0 Å². The van der Waals surface area contributed by atoms with Gasteiger partial charge in [0, 0.05) is 18.2 Å². The van der Waals surface area contributed by atoms with Crippen molar-refractivity contribution in [1.82, 2.24) is 5.32 Å². The molecule has 1 rings (SSSR count). The van der Waals surface area contributed by atoms with E-state index in [2.05, 4.69) is 12.2 Å². The lowest BCUT2D eigenvalue weighted by Crippen LogP contribution is -2.34. The monoisotopic (exact) mass is 301 g/mol. The number of ether oxygens (including phenoxy) is 1. The Morgan fingerprint density at radius 1 is 1.35 bits per heavy atom. The minimum atomic E-state index is -0.563. The third-order valence-corrected chi connectivity index (χ3v) is 3.49. The van der Waals surface area contributed by atoms with Gasteiger partial charge in [-0.15, -0.1) is 0 Å². The van der Waals surface area contributed by atoms with Crippen LogP contribution in [0.15, 0.2) is 18.2 Å². The third-order valence-electron chi connectivity index (χ3n) is 3.07. The van der Waals surface area contributed by atoms with Gasteiger partial charge in [-0.05, 0) is 49.6 Å². The van der Waals surface area contributed by atoms with Crippen molar-refractivity contribution in [2.45, 2.75) is 26.4 Å². The summed E-state index contributed by atoms with van der Waals surface area (Å²) >= 11 is 5.93. The topological polar surface area (TPSA) is 61.7 Å². The van der Waals surface area contributed by atoms with Gasteiger partial charge in [0.2, 0.25) is 0 Å². The molecule has 114 valence electrons. The molecule has 4 nitrogen and oxygen atoms in total. The molecule has 0 aromatic heterocycles. The Balaban J connectivity index is 2.22. The number of nitrogens with one attached hydrogen (secondary N) is 1. The Kier molecular flexibility index (Phi) is 7.92. The molecule has 20 heavy (non-hydrogen) atoms. The summed E-state index contributed by atoms with van der Waals surface area (Å²) in [7, 11) is 0. The fourth-order valence-corrected chi connectivity index (χ4v) is 1.89. The summed E-state index contributed by atoms with van der Waals surface area (Å²) < 4.78 is 5.52. The van der Waals surface area contributed by atoms with Gasteiger partial charge in [0.05, 0.1) is 0 Å². The number of hydrogen-bond acceptors (Lipinski definition) is 4. The van der Waals surface area contributed by atoms with E-state index >= 15 is 0 Å². The van der Waals surface area contributed by atoms with Gasteiger partial charge >= 0.3 is 0 Å². The van der Waals surface area contributed by atoms with Crippen LogP contribution < -0.4 is 10.1 Å². The lowest BCUT2D eigenvalue weighted by atomic mass is 10.1. The molecule has 0 radical (unpaired) electrons. The number of rotatable bonds is 9. The summed E-state index contributed by atoms with van der Waals surface area (Å²) in [5.41, 5.74) is 0.953. The first-order valence-electron chi connectivity index (χ1n) is 6.91. The maximum absolute atomic E-state index is 9.81.